The topological polar surface area (TPSA) is 103 Å². The highest BCUT2D eigenvalue weighted by Crippen LogP contribution is 2.32. The van der Waals surface area contributed by atoms with E-state index in [4.69, 9.17) is 14.0 Å². The van der Waals surface area contributed by atoms with Crippen LogP contribution in [0.4, 0.5) is 11.4 Å². The highest BCUT2D eigenvalue weighted by Gasteiger charge is 2.23. The zero-order valence-corrected chi connectivity index (χ0v) is 16.8. The van der Waals surface area contributed by atoms with Crippen molar-refractivity contribution in [1.29, 1.82) is 0 Å². The van der Waals surface area contributed by atoms with E-state index in [0.717, 1.165) is 0 Å². The average Bonchev–Trinajstić information content (AvgIpc) is 3.33. The fourth-order valence-corrected chi connectivity index (χ4v) is 3.17. The van der Waals surface area contributed by atoms with E-state index in [2.05, 4.69) is 15.8 Å². The Labute approximate surface area is 173 Å². The molecular formula is C22H21N3O5. The molecule has 8 heteroatoms. The third-order valence-electron chi connectivity index (χ3n) is 4.65. The van der Waals surface area contributed by atoms with Crippen molar-refractivity contribution in [2.45, 2.75) is 26.7 Å². The molecule has 0 fully saturated rings. The first kappa shape index (κ1) is 19.5. The van der Waals surface area contributed by atoms with Gasteiger partial charge in [0.2, 0.25) is 6.79 Å². The van der Waals surface area contributed by atoms with E-state index in [1.165, 1.54) is 0 Å². The van der Waals surface area contributed by atoms with Crippen LogP contribution in [0.3, 0.4) is 0 Å². The SMILES string of the molecule is Cc1noc(C(C)C)c1C(=O)Nc1cccc(NC(=O)c2ccc3c(c2)OCO3)c1. The van der Waals surface area contributed by atoms with Gasteiger partial charge < -0.3 is 24.6 Å². The Morgan fingerprint density at radius 2 is 1.67 bits per heavy atom. The summed E-state index contributed by atoms with van der Waals surface area (Å²) in [5.74, 6) is 1.11. The van der Waals surface area contributed by atoms with Crippen LogP contribution in [0.2, 0.25) is 0 Å². The summed E-state index contributed by atoms with van der Waals surface area (Å²) in [4.78, 5) is 25.3. The van der Waals surface area contributed by atoms with Gasteiger partial charge in [-0.2, -0.15) is 0 Å². The van der Waals surface area contributed by atoms with Crippen LogP contribution >= 0.6 is 0 Å². The van der Waals surface area contributed by atoms with Crippen molar-refractivity contribution >= 4 is 23.2 Å². The van der Waals surface area contributed by atoms with Crippen LogP contribution < -0.4 is 20.1 Å². The monoisotopic (exact) mass is 407 g/mol. The predicted octanol–water partition coefficient (Wildman–Crippen LogP) is 4.34. The lowest BCUT2D eigenvalue weighted by molar-refractivity contribution is 0.101. The minimum Gasteiger partial charge on any atom is -0.454 e. The zero-order valence-electron chi connectivity index (χ0n) is 16.8. The second-order valence-electron chi connectivity index (χ2n) is 7.22. The molecule has 1 aliphatic heterocycles. The molecule has 2 heterocycles. The van der Waals surface area contributed by atoms with Crippen LogP contribution in [-0.4, -0.2) is 23.8 Å². The molecule has 0 bridgehead atoms. The minimum atomic E-state index is -0.309. The average molecular weight is 407 g/mol. The van der Waals surface area contributed by atoms with Crippen LogP contribution in [0.25, 0.3) is 0 Å². The smallest absolute Gasteiger partial charge is 0.261 e. The summed E-state index contributed by atoms with van der Waals surface area (Å²) in [5, 5.41) is 9.57. The highest BCUT2D eigenvalue weighted by molar-refractivity contribution is 6.07. The van der Waals surface area contributed by atoms with E-state index in [9.17, 15) is 9.59 Å². The molecule has 8 nitrogen and oxygen atoms in total. The number of aryl methyl sites for hydroxylation is 1. The molecule has 3 aromatic rings. The number of carbonyl (C=O) groups is 2. The molecule has 2 N–H and O–H groups in total. The normalized spacial score (nSPS) is 12.1. The Kier molecular flexibility index (Phi) is 5.14. The van der Waals surface area contributed by atoms with Gasteiger partial charge in [0.15, 0.2) is 17.3 Å². The van der Waals surface area contributed by atoms with E-state index in [1.54, 1.807) is 49.4 Å². The number of amides is 2. The fraction of sp³-hybridized carbons (Fsp3) is 0.227. The molecule has 30 heavy (non-hydrogen) atoms. The van der Waals surface area contributed by atoms with E-state index in [0.29, 0.717) is 45.5 Å². The molecule has 2 aromatic carbocycles. The molecule has 1 aliphatic rings. The minimum absolute atomic E-state index is 0.0271. The van der Waals surface area contributed by atoms with Gasteiger partial charge in [-0.15, -0.1) is 0 Å². The Hall–Kier alpha value is -3.81. The molecule has 0 aliphatic carbocycles. The van der Waals surface area contributed by atoms with Gasteiger partial charge in [0.05, 0.1) is 5.69 Å². The summed E-state index contributed by atoms with van der Waals surface area (Å²) in [6.45, 7) is 5.74. The number of rotatable bonds is 5. The molecule has 0 spiro atoms. The summed E-state index contributed by atoms with van der Waals surface area (Å²) in [6.07, 6.45) is 0. The number of benzene rings is 2. The molecule has 0 saturated heterocycles. The molecule has 0 unspecified atom stereocenters. The van der Waals surface area contributed by atoms with Crippen molar-refractivity contribution in [2.75, 3.05) is 17.4 Å². The molecule has 0 radical (unpaired) electrons. The second kappa shape index (κ2) is 7.90. The van der Waals surface area contributed by atoms with Gasteiger partial charge in [-0.3, -0.25) is 9.59 Å². The summed E-state index contributed by atoms with van der Waals surface area (Å²) in [7, 11) is 0. The van der Waals surface area contributed by atoms with E-state index >= 15 is 0 Å². The van der Waals surface area contributed by atoms with Crippen LogP contribution in [0.1, 0.15) is 51.9 Å². The summed E-state index contributed by atoms with van der Waals surface area (Å²) < 4.78 is 15.9. The van der Waals surface area contributed by atoms with Crippen LogP contribution in [0, 0.1) is 6.92 Å². The number of ether oxygens (including phenoxy) is 2. The molecular weight excluding hydrogens is 386 g/mol. The van der Waals surface area contributed by atoms with Crippen LogP contribution in [0.5, 0.6) is 11.5 Å². The first-order chi connectivity index (χ1) is 14.4. The van der Waals surface area contributed by atoms with E-state index < -0.39 is 0 Å². The number of carbonyl (C=O) groups excluding carboxylic acids is 2. The number of hydrogen-bond acceptors (Lipinski definition) is 6. The maximum absolute atomic E-state index is 12.8. The van der Waals surface area contributed by atoms with Gasteiger partial charge in [-0.05, 0) is 43.3 Å². The Bertz CT molecular complexity index is 1120. The van der Waals surface area contributed by atoms with Crippen molar-refractivity contribution in [3.8, 4) is 11.5 Å². The van der Waals surface area contributed by atoms with Gasteiger partial charge in [-0.25, -0.2) is 0 Å². The quantitative estimate of drug-likeness (QED) is 0.652. The van der Waals surface area contributed by atoms with Crippen molar-refractivity contribution in [2.24, 2.45) is 0 Å². The van der Waals surface area contributed by atoms with Gasteiger partial charge in [0.1, 0.15) is 5.56 Å². The second-order valence-corrected chi connectivity index (χ2v) is 7.22. The van der Waals surface area contributed by atoms with E-state index in [1.807, 2.05) is 13.8 Å². The van der Waals surface area contributed by atoms with Crippen LogP contribution in [0.15, 0.2) is 47.0 Å². The highest BCUT2D eigenvalue weighted by atomic mass is 16.7. The lowest BCUT2D eigenvalue weighted by atomic mass is 10.0. The third kappa shape index (κ3) is 3.84. The van der Waals surface area contributed by atoms with Gasteiger partial charge in [0, 0.05) is 22.9 Å². The number of anilines is 2. The molecule has 0 atom stereocenters. The fourth-order valence-electron chi connectivity index (χ4n) is 3.17. The molecule has 2 amide bonds. The largest absolute Gasteiger partial charge is 0.454 e. The Morgan fingerprint density at radius 1 is 0.967 bits per heavy atom. The maximum atomic E-state index is 12.8. The number of nitrogens with zero attached hydrogens (tertiary/aromatic N) is 1. The molecule has 1 aromatic heterocycles. The summed E-state index contributed by atoms with van der Waals surface area (Å²) >= 11 is 0. The van der Waals surface area contributed by atoms with Crippen molar-refractivity contribution in [3.63, 3.8) is 0 Å². The van der Waals surface area contributed by atoms with Gasteiger partial charge >= 0.3 is 0 Å². The lowest BCUT2D eigenvalue weighted by Crippen LogP contribution is -2.15. The van der Waals surface area contributed by atoms with Crippen molar-refractivity contribution < 1.29 is 23.6 Å². The van der Waals surface area contributed by atoms with Crippen molar-refractivity contribution in [1.82, 2.24) is 5.16 Å². The van der Waals surface area contributed by atoms with Crippen LogP contribution in [-0.2, 0) is 0 Å². The Balaban J connectivity index is 1.48. The standard InChI is InChI=1S/C22H21N3O5/c1-12(2)20-19(13(3)25-30-20)22(27)24-16-6-4-5-15(10-16)23-21(26)14-7-8-17-18(9-14)29-11-28-17/h4-10,12H,11H2,1-3H3,(H,23,26)(H,24,27). The maximum Gasteiger partial charge on any atom is 0.261 e. The van der Waals surface area contributed by atoms with E-state index in [-0.39, 0.29) is 24.5 Å². The predicted molar refractivity (Wildman–Crippen MR) is 110 cm³/mol. The lowest BCUT2D eigenvalue weighted by Gasteiger charge is -2.10. The molecule has 154 valence electrons. The zero-order chi connectivity index (χ0) is 21.3. The van der Waals surface area contributed by atoms with Crippen molar-refractivity contribution in [3.05, 3.63) is 65.0 Å². The number of fused-ring (bicyclic) bond motifs is 1. The molecule has 4 rings (SSSR count). The first-order valence-corrected chi connectivity index (χ1v) is 9.51. The number of nitrogens with one attached hydrogen (secondary N) is 2. The number of aromatic nitrogens is 1. The third-order valence-corrected chi connectivity index (χ3v) is 4.65. The number of hydrogen-bond donors (Lipinski definition) is 2. The Morgan fingerprint density at radius 3 is 2.40 bits per heavy atom. The molecule has 0 saturated carbocycles. The van der Waals surface area contributed by atoms with Gasteiger partial charge in [-0.1, -0.05) is 25.1 Å². The summed E-state index contributed by atoms with van der Waals surface area (Å²) in [5.41, 5.74) is 2.49. The summed E-state index contributed by atoms with van der Waals surface area (Å²) in [6, 6.07) is 11.9. The first-order valence-electron chi connectivity index (χ1n) is 9.51. The van der Waals surface area contributed by atoms with Gasteiger partial charge in [0.25, 0.3) is 11.8 Å².